The predicted molar refractivity (Wildman–Crippen MR) is 118 cm³/mol. The number of ketones is 1. The molecule has 0 amide bonds. The Balaban J connectivity index is 1.89. The Morgan fingerprint density at radius 2 is 1.93 bits per heavy atom. The Labute approximate surface area is 181 Å². The molecular weight excluding hydrogens is 380 g/mol. The van der Waals surface area contributed by atoms with E-state index in [0.29, 0.717) is 24.7 Å². The summed E-state index contributed by atoms with van der Waals surface area (Å²) in [6, 6.07) is 0. The van der Waals surface area contributed by atoms with Crippen molar-refractivity contribution in [3.63, 3.8) is 0 Å². The molecule has 0 spiro atoms. The smallest absolute Gasteiger partial charge is 0.303 e. The molecule has 1 saturated heterocycles. The second-order valence-corrected chi connectivity index (χ2v) is 8.65. The minimum absolute atomic E-state index is 0.0933. The minimum atomic E-state index is -0.742. The lowest BCUT2D eigenvalue weighted by molar-refractivity contribution is -0.195. The van der Waals surface area contributed by atoms with Gasteiger partial charge in [0, 0.05) is 19.4 Å². The van der Waals surface area contributed by atoms with E-state index in [2.05, 4.69) is 25.2 Å². The first kappa shape index (κ1) is 24.8. The molecule has 0 aromatic rings. The standard InChI is InChI=1S/C25H40O5/c1-2-3-6-11-21(26)17-15-20-16-18-23(30-25-14-9-10-19-29-25)22(20)12-7-4-5-8-13-24(27)28/h4,7,15,17,20,22-23,25H,2-3,5-6,8-14,16,18-19H2,1H3,(H,27,28). The minimum Gasteiger partial charge on any atom is -0.481 e. The van der Waals surface area contributed by atoms with Crippen LogP contribution in [0.5, 0.6) is 0 Å². The summed E-state index contributed by atoms with van der Waals surface area (Å²) in [6.07, 6.45) is 19.9. The highest BCUT2D eigenvalue weighted by molar-refractivity contribution is 5.89. The van der Waals surface area contributed by atoms with Crippen LogP contribution in [0.25, 0.3) is 0 Å². The van der Waals surface area contributed by atoms with Gasteiger partial charge in [-0.05, 0) is 75.7 Å². The number of carbonyl (C=O) groups excluding carboxylic acids is 1. The molecule has 5 heteroatoms. The van der Waals surface area contributed by atoms with Crippen molar-refractivity contribution in [1.29, 1.82) is 0 Å². The van der Waals surface area contributed by atoms with Gasteiger partial charge in [0.15, 0.2) is 12.1 Å². The van der Waals surface area contributed by atoms with E-state index < -0.39 is 5.97 Å². The molecule has 2 rings (SSSR count). The van der Waals surface area contributed by atoms with Crippen molar-refractivity contribution in [3.05, 3.63) is 24.3 Å². The van der Waals surface area contributed by atoms with Gasteiger partial charge in [-0.2, -0.15) is 0 Å². The molecule has 1 saturated carbocycles. The molecule has 0 aromatic heterocycles. The lowest BCUT2D eigenvalue weighted by Crippen LogP contribution is -2.31. The molecular formula is C25H40O5. The Morgan fingerprint density at radius 1 is 1.07 bits per heavy atom. The van der Waals surface area contributed by atoms with Crippen LogP contribution in [0.15, 0.2) is 24.3 Å². The number of hydrogen-bond donors (Lipinski definition) is 1. The third kappa shape index (κ3) is 9.57. The summed E-state index contributed by atoms with van der Waals surface area (Å²) in [5, 5.41) is 8.75. The van der Waals surface area contributed by atoms with Gasteiger partial charge in [0.1, 0.15) is 0 Å². The maximum atomic E-state index is 12.2. The van der Waals surface area contributed by atoms with Gasteiger partial charge in [-0.25, -0.2) is 0 Å². The van der Waals surface area contributed by atoms with Crippen molar-refractivity contribution in [3.8, 4) is 0 Å². The van der Waals surface area contributed by atoms with Crippen LogP contribution in [0.3, 0.4) is 0 Å². The number of unbranched alkanes of at least 4 members (excludes halogenated alkanes) is 3. The quantitative estimate of drug-likeness (QED) is 0.217. The number of carboxylic acid groups (broad SMARTS) is 1. The van der Waals surface area contributed by atoms with E-state index in [1.54, 1.807) is 6.08 Å². The Bertz CT molecular complexity index is 562. The topological polar surface area (TPSA) is 72.8 Å². The van der Waals surface area contributed by atoms with Crippen LogP contribution in [0, 0.1) is 11.8 Å². The molecule has 30 heavy (non-hydrogen) atoms. The van der Waals surface area contributed by atoms with Crippen LogP contribution >= 0.6 is 0 Å². The van der Waals surface area contributed by atoms with E-state index in [-0.39, 0.29) is 24.6 Å². The summed E-state index contributed by atoms with van der Waals surface area (Å²) in [4.78, 5) is 22.8. The lowest BCUT2D eigenvalue weighted by Gasteiger charge is -2.29. The average molecular weight is 421 g/mol. The summed E-state index contributed by atoms with van der Waals surface area (Å²) < 4.78 is 12.1. The molecule has 1 heterocycles. The number of carbonyl (C=O) groups is 2. The molecule has 0 radical (unpaired) electrons. The summed E-state index contributed by atoms with van der Waals surface area (Å²) in [7, 11) is 0. The number of allylic oxidation sites excluding steroid dienone is 4. The summed E-state index contributed by atoms with van der Waals surface area (Å²) in [6.45, 7) is 2.93. The van der Waals surface area contributed by atoms with E-state index in [1.165, 1.54) is 0 Å². The van der Waals surface area contributed by atoms with Crippen LogP contribution in [-0.2, 0) is 19.1 Å². The van der Waals surface area contributed by atoms with Gasteiger partial charge in [0.25, 0.3) is 0 Å². The second kappa shape index (κ2) is 14.5. The lowest BCUT2D eigenvalue weighted by atomic mass is 9.90. The maximum absolute atomic E-state index is 12.2. The van der Waals surface area contributed by atoms with Gasteiger partial charge in [-0.15, -0.1) is 0 Å². The fraction of sp³-hybridized carbons (Fsp3) is 0.760. The van der Waals surface area contributed by atoms with Crippen LogP contribution in [0.1, 0.15) is 90.4 Å². The largest absolute Gasteiger partial charge is 0.481 e. The third-order valence-corrected chi connectivity index (χ3v) is 6.17. The third-order valence-electron chi connectivity index (χ3n) is 6.17. The first-order valence-corrected chi connectivity index (χ1v) is 11.9. The first-order valence-electron chi connectivity index (χ1n) is 11.9. The second-order valence-electron chi connectivity index (χ2n) is 8.65. The van der Waals surface area contributed by atoms with Crippen molar-refractivity contribution in [2.75, 3.05) is 6.61 Å². The summed E-state index contributed by atoms with van der Waals surface area (Å²) in [5.74, 6) is 0.170. The van der Waals surface area contributed by atoms with Crippen molar-refractivity contribution in [2.45, 2.75) is 103 Å². The highest BCUT2D eigenvalue weighted by Gasteiger charge is 2.36. The summed E-state index contributed by atoms with van der Waals surface area (Å²) in [5.41, 5.74) is 0. The fourth-order valence-electron chi connectivity index (χ4n) is 4.41. The molecule has 1 aliphatic carbocycles. The van der Waals surface area contributed by atoms with Gasteiger partial charge in [-0.1, -0.05) is 38.0 Å². The highest BCUT2D eigenvalue weighted by Crippen LogP contribution is 2.39. The molecule has 1 N–H and O–H groups in total. The molecule has 5 nitrogen and oxygen atoms in total. The molecule has 4 unspecified atom stereocenters. The monoisotopic (exact) mass is 420 g/mol. The molecule has 2 fully saturated rings. The number of aliphatic carboxylic acids is 1. The van der Waals surface area contributed by atoms with E-state index in [9.17, 15) is 9.59 Å². The molecule has 170 valence electrons. The Hall–Kier alpha value is -1.46. The SMILES string of the molecule is CCCCCC(=O)C=CC1CCC(OC2CCCCO2)C1CC=CCCCC(=O)O. The van der Waals surface area contributed by atoms with Gasteiger partial charge in [0.2, 0.25) is 0 Å². The maximum Gasteiger partial charge on any atom is 0.303 e. The van der Waals surface area contributed by atoms with Crippen LogP contribution in [-0.4, -0.2) is 35.9 Å². The molecule has 0 bridgehead atoms. The molecule has 1 aliphatic heterocycles. The van der Waals surface area contributed by atoms with Gasteiger partial charge in [-0.3, -0.25) is 9.59 Å². The van der Waals surface area contributed by atoms with Crippen LogP contribution in [0.4, 0.5) is 0 Å². The van der Waals surface area contributed by atoms with Crippen molar-refractivity contribution >= 4 is 11.8 Å². The van der Waals surface area contributed by atoms with E-state index >= 15 is 0 Å². The van der Waals surface area contributed by atoms with E-state index in [1.807, 2.05) is 0 Å². The number of hydrogen-bond acceptors (Lipinski definition) is 4. The van der Waals surface area contributed by atoms with Crippen molar-refractivity contribution < 1.29 is 24.2 Å². The van der Waals surface area contributed by atoms with Gasteiger partial charge < -0.3 is 14.6 Å². The number of rotatable bonds is 14. The van der Waals surface area contributed by atoms with E-state index in [0.717, 1.165) is 70.8 Å². The van der Waals surface area contributed by atoms with Crippen molar-refractivity contribution in [1.82, 2.24) is 0 Å². The Kier molecular flexibility index (Phi) is 12.0. The van der Waals surface area contributed by atoms with Gasteiger partial charge in [0.05, 0.1) is 6.10 Å². The normalized spacial score (nSPS) is 27.2. The fourth-order valence-corrected chi connectivity index (χ4v) is 4.41. The van der Waals surface area contributed by atoms with Crippen LogP contribution < -0.4 is 0 Å². The zero-order chi connectivity index (χ0) is 21.6. The average Bonchev–Trinajstić information content (AvgIpc) is 3.11. The van der Waals surface area contributed by atoms with Crippen LogP contribution in [0.2, 0.25) is 0 Å². The molecule has 0 aromatic carbocycles. The number of carboxylic acids is 1. The summed E-state index contributed by atoms with van der Waals surface area (Å²) >= 11 is 0. The van der Waals surface area contributed by atoms with Crippen molar-refractivity contribution in [2.24, 2.45) is 11.8 Å². The zero-order valence-electron chi connectivity index (χ0n) is 18.6. The first-order chi connectivity index (χ1) is 14.6. The number of ether oxygens (including phenoxy) is 2. The molecule has 2 aliphatic rings. The van der Waals surface area contributed by atoms with Gasteiger partial charge >= 0.3 is 5.97 Å². The highest BCUT2D eigenvalue weighted by atomic mass is 16.7. The molecule has 4 atom stereocenters. The zero-order valence-corrected chi connectivity index (χ0v) is 18.6. The predicted octanol–water partition coefficient (Wildman–Crippen LogP) is 5.83. The van der Waals surface area contributed by atoms with E-state index in [4.69, 9.17) is 14.6 Å². The Morgan fingerprint density at radius 3 is 2.67 bits per heavy atom.